The molecule has 1 saturated heterocycles. The summed E-state index contributed by atoms with van der Waals surface area (Å²) in [7, 11) is 0. The van der Waals surface area contributed by atoms with E-state index in [0.717, 1.165) is 13.2 Å². The van der Waals surface area contributed by atoms with E-state index >= 15 is 0 Å². The molecule has 96 valence electrons. The van der Waals surface area contributed by atoms with Crippen molar-refractivity contribution in [1.82, 2.24) is 10.2 Å². The van der Waals surface area contributed by atoms with Gasteiger partial charge in [-0.2, -0.15) is 0 Å². The van der Waals surface area contributed by atoms with Gasteiger partial charge < -0.3 is 15.0 Å². The minimum Gasteiger partial charge on any atom is -0.378 e. The zero-order valence-corrected chi connectivity index (χ0v) is 11.2. The third-order valence-electron chi connectivity index (χ3n) is 3.46. The van der Waals surface area contributed by atoms with Crippen molar-refractivity contribution in [3.8, 4) is 0 Å². The van der Waals surface area contributed by atoms with E-state index < -0.39 is 0 Å². The number of nitrogens with zero attached hydrogens (tertiary/aromatic N) is 1. The van der Waals surface area contributed by atoms with E-state index in [1.54, 1.807) is 0 Å². The molecule has 0 aromatic rings. The van der Waals surface area contributed by atoms with Crippen molar-refractivity contribution in [2.24, 2.45) is 0 Å². The minimum atomic E-state index is 0.439. The Morgan fingerprint density at radius 1 is 1.31 bits per heavy atom. The van der Waals surface area contributed by atoms with E-state index in [1.807, 2.05) is 0 Å². The Bertz CT molecular complexity index is 171. The number of hydrogen-bond acceptors (Lipinski definition) is 3. The number of ether oxygens (including phenoxy) is 1. The highest BCUT2D eigenvalue weighted by molar-refractivity contribution is 4.74. The molecule has 16 heavy (non-hydrogen) atoms. The van der Waals surface area contributed by atoms with Gasteiger partial charge in [0.15, 0.2) is 0 Å². The lowest BCUT2D eigenvalue weighted by Crippen LogP contribution is -2.39. The van der Waals surface area contributed by atoms with Gasteiger partial charge in [0.2, 0.25) is 0 Å². The molecule has 2 unspecified atom stereocenters. The van der Waals surface area contributed by atoms with Crippen molar-refractivity contribution in [3.63, 3.8) is 0 Å². The van der Waals surface area contributed by atoms with Crippen LogP contribution in [0.1, 0.15) is 40.0 Å². The van der Waals surface area contributed by atoms with Crippen molar-refractivity contribution in [2.45, 2.75) is 52.2 Å². The maximum absolute atomic E-state index is 5.54. The van der Waals surface area contributed by atoms with Crippen LogP contribution < -0.4 is 5.32 Å². The van der Waals surface area contributed by atoms with Gasteiger partial charge in [-0.1, -0.05) is 13.8 Å². The van der Waals surface area contributed by atoms with Crippen LogP contribution in [0, 0.1) is 0 Å². The summed E-state index contributed by atoms with van der Waals surface area (Å²) in [6.45, 7) is 12.3. The second-order valence-electron chi connectivity index (χ2n) is 4.74. The third kappa shape index (κ3) is 5.28. The van der Waals surface area contributed by atoms with Crippen LogP contribution in [-0.4, -0.2) is 49.8 Å². The van der Waals surface area contributed by atoms with Crippen molar-refractivity contribution < 1.29 is 4.74 Å². The number of rotatable bonds is 7. The summed E-state index contributed by atoms with van der Waals surface area (Å²) >= 11 is 0. The third-order valence-corrected chi connectivity index (χ3v) is 3.46. The van der Waals surface area contributed by atoms with Crippen LogP contribution in [0.15, 0.2) is 0 Å². The van der Waals surface area contributed by atoms with Gasteiger partial charge in [0, 0.05) is 12.6 Å². The lowest BCUT2D eigenvalue weighted by atomic mass is 10.0. The molecule has 0 bridgehead atoms. The van der Waals surface area contributed by atoms with E-state index in [9.17, 15) is 0 Å². The molecule has 0 radical (unpaired) electrons. The Hall–Kier alpha value is -0.120. The summed E-state index contributed by atoms with van der Waals surface area (Å²) in [6.07, 6.45) is 4.04. The van der Waals surface area contributed by atoms with Crippen molar-refractivity contribution in [2.75, 3.05) is 32.8 Å². The molecule has 0 aliphatic carbocycles. The van der Waals surface area contributed by atoms with Gasteiger partial charge >= 0.3 is 0 Å². The van der Waals surface area contributed by atoms with Gasteiger partial charge in [0.1, 0.15) is 0 Å². The summed E-state index contributed by atoms with van der Waals surface area (Å²) < 4.78 is 5.54. The van der Waals surface area contributed by atoms with Crippen LogP contribution in [0.4, 0.5) is 0 Å². The molecule has 3 heteroatoms. The summed E-state index contributed by atoms with van der Waals surface area (Å²) in [4.78, 5) is 2.48. The van der Waals surface area contributed by atoms with Crippen molar-refractivity contribution in [3.05, 3.63) is 0 Å². The molecule has 1 aliphatic rings. The van der Waals surface area contributed by atoms with Gasteiger partial charge in [-0.15, -0.1) is 0 Å². The summed E-state index contributed by atoms with van der Waals surface area (Å²) in [5, 5.41) is 3.65. The minimum absolute atomic E-state index is 0.439. The molecular weight excluding hydrogens is 200 g/mol. The largest absolute Gasteiger partial charge is 0.378 e. The molecule has 1 fully saturated rings. The van der Waals surface area contributed by atoms with Gasteiger partial charge in [0.25, 0.3) is 0 Å². The predicted octanol–water partition coefficient (Wildman–Crippen LogP) is 1.88. The smallest absolute Gasteiger partial charge is 0.0561 e. The zero-order valence-electron chi connectivity index (χ0n) is 11.2. The van der Waals surface area contributed by atoms with Crippen molar-refractivity contribution in [1.29, 1.82) is 0 Å². The van der Waals surface area contributed by atoms with Crippen LogP contribution >= 0.6 is 0 Å². The average Bonchev–Trinajstić information content (AvgIpc) is 2.29. The molecule has 0 spiro atoms. The summed E-state index contributed by atoms with van der Waals surface area (Å²) in [5.41, 5.74) is 0. The fourth-order valence-electron chi connectivity index (χ4n) is 2.33. The molecular formula is C13H28N2O. The SMILES string of the molecule is CCN(CC)CCCNC1CCOC(C)C1. The van der Waals surface area contributed by atoms with Gasteiger partial charge in [0.05, 0.1) is 6.10 Å². The van der Waals surface area contributed by atoms with E-state index in [-0.39, 0.29) is 0 Å². The Balaban J connectivity index is 2.02. The summed E-state index contributed by atoms with van der Waals surface area (Å²) in [6, 6.07) is 0.681. The van der Waals surface area contributed by atoms with E-state index in [1.165, 1.54) is 38.9 Å². The lowest BCUT2D eigenvalue weighted by Gasteiger charge is -2.28. The first kappa shape index (κ1) is 13.9. The second kappa shape index (κ2) is 8.04. The van der Waals surface area contributed by atoms with Gasteiger partial charge in [-0.05, 0) is 52.4 Å². The number of hydrogen-bond donors (Lipinski definition) is 1. The average molecular weight is 228 g/mol. The zero-order chi connectivity index (χ0) is 11.8. The molecule has 2 atom stereocenters. The molecule has 1 rings (SSSR count). The van der Waals surface area contributed by atoms with Crippen LogP contribution in [0.3, 0.4) is 0 Å². The predicted molar refractivity (Wildman–Crippen MR) is 68.8 cm³/mol. The standard InChI is InChI=1S/C13H28N2O/c1-4-15(5-2)9-6-8-14-13-7-10-16-12(3)11-13/h12-14H,4-11H2,1-3H3. The fraction of sp³-hybridized carbons (Fsp3) is 1.00. The van der Waals surface area contributed by atoms with Gasteiger partial charge in [-0.25, -0.2) is 0 Å². The highest BCUT2D eigenvalue weighted by atomic mass is 16.5. The van der Waals surface area contributed by atoms with Crippen LogP contribution in [-0.2, 0) is 4.74 Å². The van der Waals surface area contributed by atoms with Crippen LogP contribution in [0.25, 0.3) is 0 Å². The monoisotopic (exact) mass is 228 g/mol. The van der Waals surface area contributed by atoms with Gasteiger partial charge in [-0.3, -0.25) is 0 Å². The van der Waals surface area contributed by atoms with E-state index in [0.29, 0.717) is 12.1 Å². The van der Waals surface area contributed by atoms with E-state index in [4.69, 9.17) is 4.74 Å². The Kier molecular flexibility index (Phi) is 7.01. The van der Waals surface area contributed by atoms with Crippen LogP contribution in [0.5, 0.6) is 0 Å². The highest BCUT2D eigenvalue weighted by Gasteiger charge is 2.18. The Morgan fingerprint density at radius 3 is 2.69 bits per heavy atom. The summed E-state index contributed by atoms with van der Waals surface area (Å²) in [5.74, 6) is 0. The maximum Gasteiger partial charge on any atom is 0.0561 e. The quantitative estimate of drug-likeness (QED) is 0.673. The normalized spacial score (nSPS) is 26.2. The Labute approximate surface area is 101 Å². The van der Waals surface area contributed by atoms with Crippen LogP contribution in [0.2, 0.25) is 0 Å². The fourth-order valence-corrected chi connectivity index (χ4v) is 2.33. The molecule has 0 aromatic carbocycles. The highest BCUT2D eigenvalue weighted by Crippen LogP contribution is 2.12. The first-order valence-corrected chi connectivity index (χ1v) is 6.83. The van der Waals surface area contributed by atoms with Crippen molar-refractivity contribution >= 4 is 0 Å². The first-order valence-electron chi connectivity index (χ1n) is 6.83. The second-order valence-corrected chi connectivity index (χ2v) is 4.74. The molecule has 1 N–H and O–H groups in total. The molecule has 1 aliphatic heterocycles. The molecule has 3 nitrogen and oxygen atoms in total. The topological polar surface area (TPSA) is 24.5 Å². The number of nitrogens with one attached hydrogen (secondary N) is 1. The maximum atomic E-state index is 5.54. The van der Waals surface area contributed by atoms with E-state index in [2.05, 4.69) is 31.0 Å². The molecule has 0 aromatic heterocycles. The first-order chi connectivity index (χ1) is 7.76. The lowest BCUT2D eigenvalue weighted by molar-refractivity contribution is 0.0133. The molecule has 1 heterocycles. The molecule has 0 amide bonds. The Morgan fingerprint density at radius 2 is 2.06 bits per heavy atom. The molecule has 0 saturated carbocycles.